The molecule has 3 atom stereocenters. The Morgan fingerprint density at radius 2 is 2.27 bits per heavy atom. The SMILES string of the molecule is COCC(=O)NC[C@@H]1CN(C(=O)[C@@H]2C[C@@H]2C)Cc2ccnn21. The third-order valence-corrected chi connectivity index (χ3v) is 4.43. The van der Waals surface area contributed by atoms with Gasteiger partial charge in [-0.1, -0.05) is 6.92 Å². The van der Waals surface area contributed by atoms with Crippen molar-refractivity contribution in [3.63, 3.8) is 0 Å². The van der Waals surface area contributed by atoms with E-state index in [2.05, 4.69) is 17.3 Å². The summed E-state index contributed by atoms with van der Waals surface area (Å²) in [5.41, 5.74) is 1.01. The number of hydrogen-bond acceptors (Lipinski definition) is 4. The first kappa shape index (κ1) is 15.0. The molecule has 0 aromatic carbocycles. The van der Waals surface area contributed by atoms with Gasteiger partial charge in [-0.3, -0.25) is 14.3 Å². The zero-order chi connectivity index (χ0) is 15.7. The van der Waals surface area contributed by atoms with Gasteiger partial charge in [0.05, 0.1) is 18.3 Å². The van der Waals surface area contributed by atoms with E-state index < -0.39 is 0 Å². The molecule has 3 rings (SSSR count). The Morgan fingerprint density at radius 1 is 1.50 bits per heavy atom. The van der Waals surface area contributed by atoms with Crippen molar-refractivity contribution in [2.75, 3.05) is 26.8 Å². The summed E-state index contributed by atoms with van der Waals surface area (Å²) in [6.45, 7) is 3.79. The minimum absolute atomic E-state index is 0.0300. The minimum Gasteiger partial charge on any atom is -0.375 e. The number of hydrogen-bond donors (Lipinski definition) is 1. The molecule has 22 heavy (non-hydrogen) atoms. The van der Waals surface area contributed by atoms with Crippen LogP contribution in [0.3, 0.4) is 0 Å². The first-order chi connectivity index (χ1) is 10.6. The molecule has 1 aliphatic carbocycles. The van der Waals surface area contributed by atoms with Crippen molar-refractivity contribution < 1.29 is 14.3 Å². The summed E-state index contributed by atoms with van der Waals surface area (Å²) < 4.78 is 6.72. The molecule has 1 N–H and O–H groups in total. The maximum absolute atomic E-state index is 12.5. The van der Waals surface area contributed by atoms with Gasteiger partial charge in [-0.05, 0) is 18.4 Å². The zero-order valence-corrected chi connectivity index (χ0v) is 13.0. The molecule has 1 aromatic rings. The molecule has 1 saturated carbocycles. The fraction of sp³-hybridized carbons (Fsp3) is 0.667. The number of carbonyl (C=O) groups is 2. The highest BCUT2D eigenvalue weighted by molar-refractivity contribution is 5.81. The van der Waals surface area contributed by atoms with Crippen molar-refractivity contribution in [1.29, 1.82) is 0 Å². The fourth-order valence-corrected chi connectivity index (χ4v) is 3.02. The Kier molecular flexibility index (Phi) is 4.15. The number of methoxy groups -OCH3 is 1. The number of nitrogens with one attached hydrogen (secondary N) is 1. The Hall–Kier alpha value is -1.89. The number of fused-ring (bicyclic) bond motifs is 1. The number of carbonyl (C=O) groups excluding carboxylic acids is 2. The van der Waals surface area contributed by atoms with E-state index in [9.17, 15) is 9.59 Å². The van der Waals surface area contributed by atoms with E-state index in [1.165, 1.54) is 7.11 Å². The Morgan fingerprint density at radius 3 is 2.95 bits per heavy atom. The van der Waals surface area contributed by atoms with Crippen LogP contribution in [-0.2, 0) is 20.9 Å². The molecule has 120 valence electrons. The molecule has 2 aliphatic rings. The molecule has 0 radical (unpaired) electrons. The van der Waals surface area contributed by atoms with Crippen LogP contribution in [0.2, 0.25) is 0 Å². The summed E-state index contributed by atoms with van der Waals surface area (Å²) in [4.78, 5) is 25.9. The van der Waals surface area contributed by atoms with Crippen LogP contribution in [0.1, 0.15) is 25.1 Å². The summed E-state index contributed by atoms with van der Waals surface area (Å²) in [5.74, 6) is 0.751. The average molecular weight is 306 g/mol. The third kappa shape index (κ3) is 2.99. The first-order valence-electron chi connectivity index (χ1n) is 7.67. The second kappa shape index (κ2) is 6.08. The Bertz CT molecular complexity index is 571. The van der Waals surface area contributed by atoms with E-state index in [4.69, 9.17) is 4.74 Å². The smallest absolute Gasteiger partial charge is 0.246 e. The first-order valence-corrected chi connectivity index (χ1v) is 7.67. The lowest BCUT2D eigenvalue weighted by molar-refractivity contribution is -0.135. The quantitative estimate of drug-likeness (QED) is 0.842. The molecule has 2 amide bonds. The summed E-state index contributed by atoms with van der Waals surface area (Å²) in [6, 6.07) is 1.90. The number of amides is 2. The number of rotatable bonds is 5. The lowest BCUT2D eigenvalue weighted by atomic mass is 10.1. The number of nitrogens with zero attached hydrogens (tertiary/aromatic N) is 3. The van der Waals surface area contributed by atoms with Crippen molar-refractivity contribution in [3.8, 4) is 0 Å². The predicted molar refractivity (Wildman–Crippen MR) is 78.8 cm³/mol. The highest BCUT2D eigenvalue weighted by atomic mass is 16.5. The minimum atomic E-state index is -0.157. The summed E-state index contributed by atoms with van der Waals surface area (Å²) in [7, 11) is 1.49. The second-order valence-corrected chi connectivity index (χ2v) is 6.20. The molecule has 1 aromatic heterocycles. The van der Waals surface area contributed by atoms with E-state index in [0.717, 1.165) is 12.1 Å². The van der Waals surface area contributed by atoms with Gasteiger partial charge in [0.2, 0.25) is 11.8 Å². The van der Waals surface area contributed by atoms with Gasteiger partial charge in [0.15, 0.2) is 0 Å². The van der Waals surface area contributed by atoms with E-state index in [1.807, 2.05) is 15.6 Å². The molecule has 7 nitrogen and oxygen atoms in total. The topological polar surface area (TPSA) is 76.5 Å². The molecular formula is C15H22N4O3. The van der Waals surface area contributed by atoms with E-state index in [-0.39, 0.29) is 30.4 Å². The molecular weight excluding hydrogens is 284 g/mol. The molecule has 0 bridgehead atoms. The second-order valence-electron chi connectivity index (χ2n) is 6.20. The van der Waals surface area contributed by atoms with Gasteiger partial charge < -0.3 is 15.0 Å². The lowest BCUT2D eigenvalue weighted by Crippen LogP contribution is -2.46. The maximum atomic E-state index is 12.5. The molecule has 0 unspecified atom stereocenters. The maximum Gasteiger partial charge on any atom is 0.246 e. The van der Waals surface area contributed by atoms with E-state index in [0.29, 0.717) is 25.6 Å². The van der Waals surface area contributed by atoms with Crippen LogP contribution in [0.25, 0.3) is 0 Å². The van der Waals surface area contributed by atoms with Crippen molar-refractivity contribution in [2.45, 2.75) is 25.9 Å². The number of ether oxygens (including phenoxy) is 1. The lowest BCUT2D eigenvalue weighted by Gasteiger charge is -2.34. The predicted octanol–water partition coefficient (Wildman–Crippen LogP) is 0.185. The van der Waals surface area contributed by atoms with Crippen molar-refractivity contribution in [3.05, 3.63) is 18.0 Å². The standard InChI is InChI=1S/C15H22N4O3/c1-10-5-13(10)15(21)18-7-11-3-4-17-19(11)12(8-18)6-16-14(20)9-22-2/h3-4,10,12-13H,5-9H2,1-2H3,(H,16,20)/t10-,12+,13+/m0/s1. The van der Waals surface area contributed by atoms with Crippen LogP contribution < -0.4 is 5.32 Å². The Labute approximate surface area is 129 Å². The van der Waals surface area contributed by atoms with Gasteiger partial charge in [-0.15, -0.1) is 0 Å². The van der Waals surface area contributed by atoms with Crippen molar-refractivity contribution in [1.82, 2.24) is 20.0 Å². The summed E-state index contributed by atoms with van der Waals surface area (Å²) >= 11 is 0. The number of aromatic nitrogens is 2. The van der Waals surface area contributed by atoms with Gasteiger partial charge in [0.25, 0.3) is 0 Å². The third-order valence-electron chi connectivity index (χ3n) is 4.43. The van der Waals surface area contributed by atoms with Crippen LogP contribution in [-0.4, -0.2) is 53.3 Å². The Balaban J connectivity index is 1.67. The normalized spacial score (nSPS) is 26.5. The van der Waals surface area contributed by atoms with Gasteiger partial charge >= 0.3 is 0 Å². The molecule has 1 fully saturated rings. The summed E-state index contributed by atoms with van der Waals surface area (Å²) in [5, 5.41) is 7.16. The van der Waals surface area contributed by atoms with Crippen LogP contribution in [0.15, 0.2) is 12.3 Å². The van der Waals surface area contributed by atoms with Crippen molar-refractivity contribution >= 4 is 11.8 Å². The average Bonchev–Trinajstić information content (AvgIpc) is 3.04. The highest BCUT2D eigenvalue weighted by Gasteiger charge is 2.43. The van der Waals surface area contributed by atoms with Crippen LogP contribution in [0, 0.1) is 11.8 Å². The molecule has 0 saturated heterocycles. The highest BCUT2D eigenvalue weighted by Crippen LogP contribution is 2.40. The largest absolute Gasteiger partial charge is 0.375 e. The molecule has 1 aliphatic heterocycles. The molecule has 0 spiro atoms. The van der Waals surface area contributed by atoms with Crippen LogP contribution in [0.4, 0.5) is 0 Å². The monoisotopic (exact) mass is 306 g/mol. The zero-order valence-electron chi connectivity index (χ0n) is 13.0. The molecule has 2 heterocycles. The van der Waals surface area contributed by atoms with Crippen LogP contribution >= 0.6 is 0 Å². The van der Waals surface area contributed by atoms with Crippen molar-refractivity contribution in [2.24, 2.45) is 11.8 Å². The molecule has 7 heteroatoms. The fourth-order valence-electron chi connectivity index (χ4n) is 3.02. The van der Waals surface area contributed by atoms with Gasteiger partial charge in [-0.25, -0.2) is 0 Å². The van der Waals surface area contributed by atoms with Crippen LogP contribution in [0.5, 0.6) is 0 Å². The van der Waals surface area contributed by atoms with Gasteiger partial charge in [0.1, 0.15) is 6.61 Å². The van der Waals surface area contributed by atoms with E-state index in [1.54, 1.807) is 6.20 Å². The van der Waals surface area contributed by atoms with E-state index >= 15 is 0 Å². The van der Waals surface area contributed by atoms with Gasteiger partial charge in [-0.2, -0.15) is 5.10 Å². The van der Waals surface area contributed by atoms with Gasteiger partial charge in [0, 0.05) is 32.3 Å². The summed E-state index contributed by atoms with van der Waals surface area (Å²) in [6.07, 6.45) is 2.73.